The molecular weight excluding hydrogens is 1120 g/mol. The lowest BCUT2D eigenvalue weighted by atomic mass is 9.67. The van der Waals surface area contributed by atoms with E-state index in [0.717, 1.165) is 0 Å². The summed E-state index contributed by atoms with van der Waals surface area (Å²) in [5.74, 6) is 0. The molecule has 2 heteroatoms. The lowest BCUT2D eigenvalue weighted by molar-refractivity contribution is 0.660. The first-order valence-electron chi connectivity index (χ1n) is 32.8. The monoisotopic (exact) mass is 1180 g/mol. The minimum Gasteiger partial charge on any atom is -0.309 e. The van der Waals surface area contributed by atoms with Crippen LogP contribution in [0.25, 0.3) is 133 Å². The highest BCUT2D eigenvalue weighted by Crippen LogP contribution is 2.58. The van der Waals surface area contributed by atoms with Gasteiger partial charge in [-0.25, -0.2) is 0 Å². The number of para-hydroxylation sites is 2. The Morgan fingerprint density at radius 3 is 0.925 bits per heavy atom. The van der Waals surface area contributed by atoms with Crippen LogP contribution >= 0.6 is 0 Å². The van der Waals surface area contributed by atoms with Crippen LogP contribution in [0.5, 0.6) is 0 Å². The van der Waals surface area contributed by atoms with E-state index in [0.29, 0.717) is 0 Å². The SMILES string of the molecule is CC1(C)c2ccccc2-c2ccc(-n3c4ccccc4c4cc(-c5ccc(-c6ccc7c(c6)C(c6ccccc6)(c6ccccc6)c6cc(-c8ccc(-c9ccc%10c(c9)c9ccccc9n%10-c9ccc%10c(c9)C(C)(C)c9ccccc9-%10)cc8)ccc6-7)cc5)ccc43)cc21. The Morgan fingerprint density at radius 1 is 0.204 bits per heavy atom. The Morgan fingerprint density at radius 2 is 0.505 bits per heavy atom. The maximum Gasteiger partial charge on any atom is 0.0713 e. The average molecular weight is 1190 g/mol. The molecule has 2 aromatic heterocycles. The normalized spacial score (nSPS) is 14.3. The second-order valence-electron chi connectivity index (χ2n) is 27.1. The van der Waals surface area contributed by atoms with Gasteiger partial charge in [-0.3, -0.25) is 0 Å². The number of hydrogen-bond acceptors (Lipinski definition) is 0. The summed E-state index contributed by atoms with van der Waals surface area (Å²) >= 11 is 0. The van der Waals surface area contributed by atoms with Crippen molar-refractivity contribution in [2.45, 2.75) is 43.9 Å². The van der Waals surface area contributed by atoms with Gasteiger partial charge in [-0.2, -0.15) is 0 Å². The molecule has 0 amide bonds. The van der Waals surface area contributed by atoms with Crippen LogP contribution in [0.2, 0.25) is 0 Å². The third-order valence-corrected chi connectivity index (χ3v) is 21.6. The van der Waals surface area contributed by atoms with Crippen LogP contribution in [0.1, 0.15) is 72.2 Å². The van der Waals surface area contributed by atoms with Crippen molar-refractivity contribution < 1.29 is 0 Å². The van der Waals surface area contributed by atoms with Gasteiger partial charge in [0.25, 0.3) is 0 Å². The van der Waals surface area contributed by atoms with E-state index in [2.05, 4.69) is 352 Å². The fourth-order valence-corrected chi connectivity index (χ4v) is 17.1. The maximum absolute atomic E-state index is 2.48. The van der Waals surface area contributed by atoms with Gasteiger partial charge in [-0.05, 0) is 195 Å². The summed E-state index contributed by atoms with van der Waals surface area (Å²) in [7, 11) is 0. The zero-order chi connectivity index (χ0) is 61.9. The molecule has 2 heterocycles. The molecule has 2 nitrogen and oxygen atoms in total. The molecule has 14 aromatic carbocycles. The molecule has 0 atom stereocenters. The fraction of sp³-hybridized carbons (Fsp3) is 0.0769. The van der Waals surface area contributed by atoms with Crippen molar-refractivity contribution in [3.05, 3.63) is 360 Å². The van der Waals surface area contributed by atoms with E-state index in [4.69, 9.17) is 0 Å². The van der Waals surface area contributed by atoms with E-state index in [-0.39, 0.29) is 10.8 Å². The van der Waals surface area contributed by atoms with Crippen LogP contribution < -0.4 is 0 Å². The van der Waals surface area contributed by atoms with Gasteiger partial charge in [0.1, 0.15) is 0 Å². The second-order valence-corrected chi connectivity index (χ2v) is 27.1. The van der Waals surface area contributed by atoms with E-state index >= 15 is 0 Å². The molecule has 0 radical (unpaired) electrons. The summed E-state index contributed by atoms with van der Waals surface area (Å²) in [6, 6.07) is 119. The highest BCUT2D eigenvalue weighted by molar-refractivity contribution is 6.12. The minimum atomic E-state index is -0.579. The van der Waals surface area contributed by atoms with Gasteiger partial charge < -0.3 is 9.13 Å². The van der Waals surface area contributed by atoms with Crippen LogP contribution in [-0.4, -0.2) is 9.13 Å². The van der Waals surface area contributed by atoms with Crippen molar-refractivity contribution in [2.75, 3.05) is 0 Å². The fourth-order valence-electron chi connectivity index (χ4n) is 17.1. The molecule has 0 N–H and O–H groups in total. The number of hydrogen-bond donors (Lipinski definition) is 0. The van der Waals surface area contributed by atoms with Gasteiger partial charge in [0, 0.05) is 43.7 Å². The number of benzene rings is 14. The molecule has 0 saturated carbocycles. The first-order chi connectivity index (χ1) is 45.6. The van der Waals surface area contributed by atoms with Crippen molar-refractivity contribution in [2.24, 2.45) is 0 Å². The summed E-state index contributed by atoms with van der Waals surface area (Å²) in [6.07, 6.45) is 0. The molecule has 0 aliphatic heterocycles. The van der Waals surface area contributed by atoms with Crippen LogP contribution in [0.4, 0.5) is 0 Å². The molecule has 0 bridgehead atoms. The Bertz CT molecular complexity index is 5410. The van der Waals surface area contributed by atoms with E-state index < -0.39 is 5.41 Å². The molecular formula is C91H64N2. The van der Waals surface area contributed by atoms with Crippen LogP contribution in [-0.2, 0) is 16.2 Å². The van der Waals surface area contributed by atoms with E-state index in [9.17, 15) is 0 Å². The Kier molecular flexibility index (Phi) is 11.4. The highest BCUT2D eigenvalue weighted by Gasteiger charge is 2.47. The first-order valence-corrected chi connectivity index (χ1v) is 32.8. The van der Waals surface area contributed by atoms with Gasteiger partial charge in [0.2, 0.25) is 0 Å². The second kappa shape index (κ2) is 19.8. The number of rotatable bonds is 8. The summed E-state index contributed by atoms with van der Waals surface area (Å²) < 4.78 is 4.92. The van der Waals surface area contributed by atoms with Gasteiger partial charge in [0.15, 0.2) is 0 Å². The first kappa shape index (κ1) is 53.5. The maximum atomic E-state index is 2.48. The van der Waals surface area contributed by atoms with Crippen LogP contribution in [0.3, 0.4) is 0 Å². The zero-order valence-electron chi connectivity index (χ0n) is 52.4. The Hall–Kier alpha value is -11.3. The molecule has 0 unspecified atom stereocenters. The number of aromatic nitrogens is 2. The van der Waals surface area contributed by atoms with Gasteiger partial charge in [0.05, 0.1) is 27.5 Å². The highest BCUT2D eigenvalue weighted by atomic mass is 15.0. The molecule has 3 aliphatic rings. The molecule has 3 aliphatic carbocycles. The Balaban J connectivity index is 0.661. The van der Waals surface area contributed by atoms with E-state index in [1.807, 2.05) is 0 Å². The molecule has 19 rings (SSSR count). The molecule has 0 saturated heterocycles. The smallest absolute Gasteiger partial charge is 0.0713 e. The average Bonchev–Trinajstić information content (AvgIpc) is 1.56. The lowest BCUT2D eigenvalue weighted by Crippen LogP contribution is -2.28. The van der Waals surface area contributed by atoms with Crippen molar-refractivity contribution in [1.29, 1.82) is 0 Å². The van der Waals surface area contributed by atoms with Gasteiger partial charge in [-0.1, -0.05) is 270 Å². The Labute approximate surface area is 542 Å². The topological polar surface area (TPSA) is 9.86 Å². The largest absolute Gasteiger partial charge is 0.309 e. The summed E-state index contributed by atoms with van der Waals surface area (Å²) in [4.78, 5) is 0. The predicted octanol–water partition coefficient (Wildman–Crippen LogP) is 23.5. The minimum absolute atomic E-state index is 0.0828. The van der Waals surface area contributed by atoms with Crippen molar-refractivity contribution in [3.63, 3.8) is 0 Å². The molecule has 0 spiro atoms. The van der Waals surface area contributed by atoms with Gasteiger partial charge >= 0.3 is 0 Å². The summed E-state index contributed by atoms with van der Waals surface area (Å²) in [6.45, 7) is 9.46. The van der Waals surface area contributed by atoms with Crippen molar-refractivity contribution >= 4 is 43.6 Å². The number of nitrogens with zero attached hydrogens (tertiary/aromatic N) is 2. The quantitative estimate of drug-likeness (QED) is 0.144. The molecule has 93 heavy (non-hydrogen) atoms. The standard InChI is InChI=1S/C91H64N2/c1-89(2)79-27-15-11-23-69(79)71-47-43-67(55-81(71)89)92-85-29-17-13-25-75(85)77-51-61(41-49-87(77)92)57-31-35-59(36-32-57)63-39-45-73-74-46-40-64(54-84(74)91(83(73)53-63,65-19-7-5-8-20-65)66-21-9-6-10-22-66)60-37-33-58(34-38-60)62-42-50-88-78(52-62)76-26-14-18-30-86(76)93(88)68-44-48-72-70-24-12-16-28-80(70)90(3,4)82(72)56-68/h5-56H,1-4H3. The molecule has 16 aromatic rings. The van der Waals surface area contributed by atoms with E-state index in [1.54, 1.807) is 0 Å². The molecule has 0 fully saturated rings. The van der Waals surface area contributed by atoms with Crippen LogP contribution in [0, 0.1) is 0 Å². The third-order valence-electron chi connectivity index (χ3n) is 21.6. The third kappa shape index (κ3) is 7.70. The summed E-state index contributed by atoms with van der Waals surface area (Å²) in [5, 5.41) is 5.02. The zero-order valence-corrected chi connectivity index (χ0v) is 52.4. The number of fused-ring (bicyclic) bond motifs is 15. The van der Waals surface area contributed by atoms with Gasteiger partial charge in [-0.15, -0.1) is 0 Å². The van der Waals surface area contributed by atoms with Crippen LogP contribution in [0.15, 0.2) is 315 Å². The molecule has 438 valence electrons. The predicted molar refractivity (Wildman–Crippen MR) is 389 cm³/mol. The lowest BCUT2D eigenvalue weighted by Gasteiger charge is -2.34. The van der Waals surface area contributed by atoms with Crippen molar-refractivity contribution in [1.82, 2.24) is 9.13 Å². The van der Waals surface area contributed by atoms with Crippen molar-refractivity contribution in [3.8, 4) is 89.3 Å². The van der Waals surface area contributed by atoms with E-state index in [1.165, 1.54) is 177 Å². The summed E-state index contributed by atoms with van der Waals surface area (Å²) in [5.41, 5.74) is 34.6.